The maximum Gasteiger partial charge on any atom is 0.224 e. The van der Waals surface area contributed by atoms with Crippen LogP contribution in [0.1, 0.15) is 18.9 Å². The first-order valence-electron chi connectivity index (χ1n) is 6.00. The Morgan fingerprint density at radius 2 is 2.17 bits per heavy atom. The van der Waals surface area contributed by atoms with Crippen molar-refractivity contribution in [3.8, 4) is 0 Å². The molecule has 0 spiro atoms. The second-order valence-electron chi connectivity index (χ2n) is 4.15. The number of hydrogen-bond donors (Lipinski definition) is 4. The van der Waals surface area contributed by atoms with Gasteiger partial charge in [0.05, 0.1) is 12.7 Å². The number of carbonyl (C=O) groups excluding carboxylic acids is 1. The van der Waals surface area contributed by atoms with E-state index in [1.165, 1.54) is 0 Å². The molecule has 0 radical (unpaired) electrons. The fourth-order valence-electron chi connectivity index (χ4n) is 1.48. The van der Waals surface area contributed by atoms with Crippen LogP contribution in [0.5, 0.6) is 0 Å². The number of aryl methyl sites for hydroxylation is 1. The van der Waals surface area contributed by atoms with Gasteiger partial charge in [-0.05, 0) is 30.7 Å². The summed E-state index contributed by atoms with van der Waals surface area (Å²) in [4.78, 5) is 11.2. The fourth-order valence-corrected chi connectivity index (χ4v) is 1.48. The molecule has 100 valence electrons. The predicted octanol–water partition coefficient (Wildman–Crippen LogP) is 1.11. The van der Waals surface area contributed by atoms with E-state index in [9.17, 15) is 9.90 Å². The highest BCUT2D eigenvalue weighted by atomic mass is 16.3. The molecule has 1 aromatic rings. The lowest BCUT2D eigenvalue weighted by atomic mass is 10.1. The molecular weight excluding hydrogens is 232 g/mol. The van der Waals surface area contributed by atoms with E-state index in [1.807, 2.05) is 19.1 Å². The number of rotatable bonds is 6. The van der Waals surface area contributed by atoms with Crippen LogP contribution in [0.4, 0.5) is 11.4 Å². The van der Waals surface area contributed by atoms with E-state index in [0.29, 0.717) is 6.42 Å². The number of hydrogen-bond acceptors (Lipinski definition) is 4. The van der Waals surface area contributed by atoms with Crippen LogP contribution in [0.2, 0.25) is 0 Å². The fraction of sp³-hybridized carbons (Fsp3) is 0.462. The van der Waals surface area contributed by atoms with Crippen molar-refractivity contribution >= 4 is 17.3 Å². The van der Waals surface area contributed by atoms with Gasteiger partial charge in [-0.3, -0.25) is 4.79 Å². The zero-order valence-corrected chi connectivity index (χ0v) is 10.7. The van der Waals surface area contributed by atoms with Crippen LogP contribution in [-0.2, 0) is 4.79 Å². The molecule has 0 fully saturated rings. The minimum absolute atomic E-state index is 0.0224. The van der Waals surface area contributed by atoms with E-state index in [2.05, 4.69) is 10.6 Å². The number of benzene rings is 1. The van der Waals surface area contributed by atoms with Crippen molar-refractivity contribution in [3.05, 3.63) is 23.8 Å². The summed E-state index contributed by atoms with van der Waals surface area (Å²) in [6.45, 7) is 3.73. The van der Waals surface area contributed by atoms with Gasteiger partial charge < -0.3 is 20.8 Å². The van der Waals surface area contributed by atoms with E-state index in [0.717, 1.165) is 16.9 Å². The van der Waals surface area contributed by atoms with Crippen LogP contribution < -0.4 is 10.6 Å². The SMILES string of the molecule is CCC(=O)Nc1ccc(NCC(O)CO)c(C)c1. The molecule has 5 nitrogen and oxygen atoms in total. The largest absolute Gasteiger partial charge is 0.394 e. The van der Waals surface area contributed by atoms with Crippen molar-refractivity contribution in [1.82, 2.24) is 0 Å². The van der Waals surface area contributed by atoms with Crippen molar-refractivity contribution in [2.45, 2.75) is 26.4 Å². The lowest BCUT2D eigenvalue weighted by Gasteiger charge is -2.13. The first kappa shape index (κ1) is 14.5. The molecule has 4 N–H and O–H groups in total. The summed E-state index contributed by atoms with van der Waals surface area (Å²) >= 11 is 0. The topological polar surface area (TPSA) is 81.6 Å². The van der Waals surface area contributed by atoms with Gasteiger partial charge in [-0.15, -0.1) is 0 Å². The van der Waals surface area contributed by atoms with Crippen molar-refractivity contribution < 1.29 is 15.0 Å². The van der Waals surface area contributed by atoms with E-state index in [1.54, 1.807) is 13.0 Å². The van der Waals surface area contributed by atoms with Crippen LogP contribution in [0.25, 0.3) is 0 Å². The first-order chi connectivity index (χ1) is 8.56. The highest BCUT2D eigenvalue weighted by Crippen LogP contribution is 2.19. The molecule has 0 saturated carbocycles. The smallest absolute Gasteiger partial charge is 0.224 e. The monoisotopic (exact) mass is 252 g/mol. The quantitative estimate of drug-likeness (QED) is 0.611. The Labute approximate surface area is 107 Å². The van der Waals surface area contributed by atoms with Crippen molar-refractivity contribution in [1.29, 1.82) is 0 Å². The number of aliphatic hydroxyl groups excluding tert-OH is 2. The summed E-state index contributed by atoms with van der Waals surface area (Å²) in [5.74, 6) is -0.0224. The molecule has 0 aromatic heterocycles. The third-order valence-electron chi connectivity index (χ3n) is 2.57. The Bertz CT molecular complexity index is 407. The summed E-state index contributed by atoms with van der Waals surface area (Å²) in [7, 11) is 0. The van der Waals surface area contributed by atoms with Crippen LogP contribution in [-0.4, -0.2) is 35.4 Å². The van der Waals surface area contributed by atoms with E-state index < -0.39 is 6.10 Å². The standard InChI is InChI=1S/C13H20N2O3/c1-3-13(18)15-10-4-5-12(9(2)6-10)14-7-11(17)8-16/h4-6,11,14,16-17H,3,7-8H2,1-2H3,(H,15,18). The molecule has 0 aliphatic carbocycles. The molecule has 5 heteroatoms. The average molecular weight is 252 g/mol. The molecule has 0 aliphatic heterocycles. The Morgan fingerprint density at radius 3 is 2.72 bits per heavy atom. The maximum absolute atomic E-state index is 11.2. The summed E-state index contributed by atoms with van der Waals surface area (Å²) in [5.41, 5.74) is 2.60. The Kier molecular flexibility index (Phi) is 5.61. The van der Waals surface area contributed by atoms with Crippen molar-refractivity contribution in [2.24, 2.45) is 0 Å². The van der Waals surface area contributed by atoms with Crippen LogP contribution in [0.3, 0.4) is 0 Å². The molecule has 0 aliphatic rings. The number of aliphatic hydroxyl groups is 2. The molecular formula is C13H20N2O3. The molecule has 0 saturated heterocycles. The molecule has 1 amide bonds. The summed E-state index contributed by atoms with van der Waals surface area (Å²) in [5, 5.41) is 23.8. The molecule has 18 heavy (non-hydrogen) atoms. The van der Waals surface area contributed by atoms with Gasteiger partial charge in [0, 0.05) is 24.3 Å². The van der Waals surface area contributed by atoms with Crippen molar-refractivity contribution in [2.75, 3.05) is 23.8 Å². The summed E-state index contributed by atoms with van der Waals surface area (Å²) in [6, 6.07) is 5.50. The molecule has 1 atom stereocenters. The normalized spacial score (nSPS) is 12.0. The zero-order chi connectivity index (χ0) is 13.5. The Balaban J connectivity index is 2.64. The van der Waals surface area contributed by atoms with Crippen LogP contribution in [0, 0.1) is 6.92 Å². The molecule has 1 rings (SSSR count). The first-order valence-corrected chi connectivity index (χ1v) is 6.00. The highest BCUT2D eigenvalue weighted by molar-refractivity contribution is 5.90. The molecule has 1 aromatic carbocycles. The third-order valence-corrected chi connectivity index (χ3v) is 2.57. The second kappa shape index (κ2) is 6.98. The highest BCUT2D eigenvalue weighted by Gasteiger charge is 2.05. The van der Waals surface area contributed by atoms with Gasteiger partial charge in [0.2, 0.25) is 5.91 Å². The lowest BCUT2D eigenvalue weighted by molar-refractivity contribution is -0.115. The average Bonchev–Trinajstić information content (AvgIpc) is 2.37. The predicted molar refractivity (Wildman–Crippen MR) is 71.7 cm³/mol. The molecule has 0 bridgehead atoms. The molecule has 0 heterocycles. The van der Waals surface area contributed by atoms with Gasteiger partial charge in [0.1, 0.15) is 0 Å². The summed E-state index contributed by atoms with van der Waals surface area (Å²) in [6.07, 6.45) is -0.328. The Morgan fingerprint density at radius 1 is 1.44 bits per heavy atom. The Hall–Kier alpha value is -1.59. The number of nitrogens with one attached hydrogen (secondary N) is 2. The van der Waals surface area contributed by atoms with Gasteiger partial charge in [-0.2, -0.15) is 0 Å². The van der Waals surface area contributed by atoms with E-state index in [4.69, 9.17) is 5.11 Å². The maximum atomic E-state index is 11.2. The van der Waals surface area contributed by atoms with Gasteiger partial charge >= 0.3 is 0 Å². The third kappa shape index (κ3) is 4.35. The van der Waals surface area contributed by atoms with E-state index >= 15 is 0 Å². The zero-order valence-electron chi connectivity index (χ0n) is 10.7. The second-order valence-corrected chi connectivity index (χ2v) is 4.15. The minimum Gasteiger partial charge on any atom is -0.394 e. The number of carbonyl (C=O) groups is 1. The van der Waals surface area contributed by atoms with Crippen LogP contribution >= 0.6 is 0 Å². The minimum atomic E-state index is -0.774. The lowest BCUT2D eigenvalue weighted by Crippen LogP contribution is -2.23. The number of amides is 1. The van der Waals surface area contributed by atoms with Gasteiger partial charge in [0.25, 0.3) is 0 Å². The number of anilines is 2. The van der Waals surface area contributed by atoms with Gasteiger partial charge in [0.15, 0.2) is 0 Å². The molecule has 1 unspecified atom stereocenters. The van der Waals surface area contributed by atoms with E-state index in [-0.39, 0.29) is 19.1 Å². The van der Waals surface area contributed by atoms with Gasteiger partial charge in [-0.1, -0.05) is 6.92 Å². The van der Waals surface area contributed by atoms with Gasteiger partial charge in [-0.25, -0.2) is 0 Å². The summed E-state index contributed by atoms with van der Waals surface area (Å²) < 4.78 is 0. The van der Waals surface area contributed by atoms with Crippen molar-refractivity contribution in [3.63, 3.8) is 0 Å². The van der Waals surface area contributed by atoms with Crippen LogP contribution in [0.15, 0.2) is 18.2 Å².